The first-order valence-electron chi connectivity index (χ1n) is 13.2. The summed E-state index contributed by atoms with van der Waals surface area (Å²) in [5.41, 5.74) is 0.156. The number of halogens is 4. The Bertz CT molecular complexity index is 1730. The number of imide groups is 2. The smallest absolute Gasteiger partial charge is 0.339 e. The van der Waals surface area contributed by atoms with E-state index in [9.17, 15) is 39.3 Å². The number of aromatic hydroxyl groups is 2. The van der Waals surface area contributed by atoms with Crippen molar-refractivity contribution in [2.24, 2.45) is 17.8 Å². The second-order valence-electron chi connectivity index (χ2n) is 11.1. The number of hydrogen-bond donors (Lipinski definition) is 3. The number of carboxylic acids is 1. The van der Waals surface area contributed by atoms with Crippen molar-refractivity contribution in [2.45, 2.75) is 28.5 Å². The van der Waals surface area contributed by atoms with Crippen LogP contribution in [-0.2, 0) is 19.2 Å². The Morgan fingerprint density at radius 2 is 1.77 bits per heavy atom. The molecule has 1 saturated carbocycles. The van der Waals surface area contributed by atoms with E-state index in [-0.39, 0.29) is 40.5 Å². The number of aromatic carboxylic acids is 1. The van der Waals surface area contributed by atoms with E-state index in [0.29, 0.717) is 11.1 Å². The third-order valence-corrected chi connectivity index (χ3v) is 11.3. The molecule has 2 aliphatic carbocycles. The number of likely N-dealkylation sites (tertiary alicyclic amines) is 1. The maximum atomic E-state index is 14.1. The number of fused-ring (bicyclic) bond motifs is 4. The van der Waals surface area contributed by atoms with Gasteiger partial charge in [0.15, 0.2) is 21.2 Å². The Hall–Kier alpha value is -3.32. The molecule has 2 aromatic carbocycles. The molecular formula is C29H22BrCl3N2O9. The second kappa shape index (κ2) is 10.4. The van der Waals surface area contributed by atoms with E-state index in [1.54, 1.807) is 6.08 Å². The molecule has 6 rings (SSSR count). The van der Waals surface area contributed by atoms with Crippen LogP contribution in [0.5, 0.6) is 17.2 Å². The van der Waals surface area contributed by atoms with Crippen molar-refractivity contribution in [1.29, 1.82) is 0 Å². The molecule has 230 valence electrons. The zero-order chi connectivity index (χ0) is 32.0. The van der Waals surface area contributed by atoms with Crippen molar-refractivity contribution in [3.63, 3.8) is 0 Å². The highest BCUT2D eigenvalue weighted by molar-refractivity contribution is 9.09. The average Bonchev–Trinajstić information content (AvgIpc) is 3.31. The molecule has 11 nitrogen and oxygen atoms in total. The Morgan fingerprint density at radius 1 is 1.07 bits per heavy atom. The van der Waals surface area contributed by atoms with Crippen LogP contribution in [0.3, 0.4) is 0 Å². The van der Waals surface area contributed by atoms with Crippen LogP contribution in [0.4, 0.5) is 5.69 Å². The van der Waals surface area contributed by atoms with Crippen molar-refractivity contribution < 1.29 is 44.0 Å². The van der Waals surface area contributed by atoms with Gasteiger partial charge in [-0.1, -0.05) is 39.2 Å². The van der Waals surface area contributed by atoms with Gasteiger partial charge in [-0.15, -0.1) is 23.2 Å². The van der Waals surface area contributed by atoms with E-state index in [2.05, 4.69) is 15.9 Å². The predicted octanol–water partition coefficient (Wildman–Crippen LogP) is 4.37. The quantitative estimate of drug-likeness (QED) is 0.176. The van der Waals surface area contributed by atoms with E-state index < -0.39 is 74.3 Å². The van der Waals surface area contributed by atoms with Crippen LogP contribution in [0.15, 0.2) is 42.0 Å². The van der Waals surface area contributed by atoms with Gasteiger partial charge in [0.1, 0.15) is 11.3 Å². The number of hydrogen-bond acceptors (Lipinski definition) is 8. The van der Waals surface area contributed by atoms with Crippen LogP contribution in [-0.4, -0.2) is 72.1 Å². The molecule has 2 heterocycles. The monoisotopic (exact) mass is 726 g/mol. The Kier molecular flexibility index (Phi) is 7.23. The minimum atomic E-state index is -2.08. The molecule has 6 atom stereocenters. The molecule has 2 aliphatic heterocycles. The molecule has 6 unspecified atom stereocenters. The SMILES string of the molecule is COc1cc(C2C3=CCC4C(=O)N(c5ccc(C(=O)O)c(O)c5)C(=O)C4C3CC3(Cl)C(=O)N(CBr)C(=O)C23Cl)cc(Cl)c1O. The standard InChI is InChI=1S/C29H22BrCl3N2O9/c1-44-19-7-11(6-17(31)22(19)37)21-13-4-5-15-20(16(13)9-28(32)26(42)34(10-30)27(43)29(21,28)33)24(39)35(23(15)38)12-2-3-14(25(40)41)18(36)8-12/h2-4,6-8,15-16,20-21,36-37H,5,9-10H2,1H3,(H,40,41). The number of amides is 4. The van der Waals surface area contributed by atoms with E-state index in [4.69, 9.17) is 39.5 Å². The number of alkyl halides is 3. The van der Waals surface area contributed by atoms with Gasteiger partial charge in [0.2, 0.25) is 11.8 Å². The topological polar surface area (TPSA) is 162 Å². The zero-order valence-electron chi connectivity index (χ0n) is 22.6. The molecule has 0 spiro atoms. The van der Waals surface area contributed by atoms with Gasteiger partial charge in [-0.25, -0.2) is 9.69 Å². The van der Waals surface area contributed by atoms with Crippen LogP contribution in [0.25, 0.3) is 0 Å². The molecule has 44 heavy (non-hydrogen) atoms. The summed E-state index contributed by atoms with van der Waals surface area (Å²) in [6.07, 6.45) is 1.54. The highest BCUT2D eigenvalue weighted by Crippen LogP contribution is 2.66. The summed E-state index contributed by atoms with van der Waals surface area (Å²) >= 11 is 23.9. The number of rotatable bonds is 5. The van der Waals surface area contributed by atoms with Crippen LogP contribution < -0.4 is 9.64 Å². The number of carboxylic acid groups (broad SMARTS) is 1. The fraction of sp³-hybridized carbons (Fsp3) is 0.345. The van der Waals surface area contributed by atoms with Gasteiger partial charge in [0.05, 0.1) is 35.1 Å². The molecule has 0 bridgehead atoms. The summed E-state index contributed by atoms with van der Waals surface area (Å²) in [7, 11) is 1.31. The van der Waals surface area contributed by atoms with Gasteiger partial charge >= 0.3 is 5.97 Å². The lowest BCUT2D eigenvalue weighted by Crippen LogP contribution is -2.60. The summed E-state index contributed by atoms with van der Waals surface area (Å²) < 4.78 is 5.29. The van der Waals surface area contributed by atoms with Gasteiger partial charge in [0, 0.05) is 12.0 Å². The largest absolute Gasteiger partial charge is 0.507 e. The van der Waals surface area contributed by atoms with Crippen LogP contribution in [0.2, 0.25) is 5.02 Å². The molecule has 0 aromatic heterocycles. The number of carbonyl (C=O) groups is 5. The van der Waals surface area contributed by atoms with Gasteiger partial charge in [-0.05, 0) is 48.6 Å². The number of phenolic OH excluding ortho intramolecular Hbond substituents is 1. The normalized spacial score (nSPS) is 31.1. The third-order valence-electron chi connectivity index (χ3n) is 9.09. The number of allylic oxidation sites excluding steroid dienone is 2. The number of methoxy groups -OCH3 is 1. The molecule has 2 aromatic rings. The van der Waals surface area contributed by atoms with E-state index >= 15 is 0 Å². The van der Waals surface area contributed by atoms with Gasteiger partial charge in [0.25, 0.3) is 11.8 Å². The zero-order valence-corrected chi connectivity index (χ0v) is 26.4. The van der Waals surface area contributed by atoms with Gasteiger partial charge in [-0.3, -0.25) is 24.1 Å². The summed E-state index contributed by atoms with van der Waals surface area (Å²) in [5, 5.41) is 29.8. The number of ether oxygens (including phenoxy) is 1. The fourth-order valence-corrected chi connectivity index (χ4v) is 8.78. The average molecular weight is 729 g/mol. The van der Waals surface area contributed by atoms with Crippen molar-refractivity contribution in [3.05, 3.63) is 58.1 Å². The first-order valence-corrected chi connectivity index (χ1v) is 15.5. The summed E-state index contributed by atoms with van der Waals surface area (Å²) in [4.78, 5) is 64.4. The lowest BCUT2D eigenvalue weighted by atomic mass is 9.56. The molecule has 0 radical (unpaired) electrons. The van der Waals surface area contributed by atoms with Gasteiger partial charge in [-0.2, -0.15) is 0 Å². The van der Waals surface area contributed by atoms with Crippen molar-refractivity contribution >= 4 is 86.0 Å². The number of benzene rings is 2. The van der Waals surface area contributed by atoms with Gasteiger partial charge < -0.3 is 20.1 Å². The third kappa shape index (κ3) is 3.90. The summed E-state index contributed by atoms with van der Waals surface area (Å²) in [6.45, 7) is 0. The molecule has 4 amide bonds. The number of phenols is 2. The summed E-state index contributed by atoms with van der Waals surface area (Å²) in [6, 6.07) is 6.18. The van der Waals surface area contributed by atoms with Crippen molar-refractivity contribution in [3.8, 4) is 17.2 Å². The maximum Gasteiger partial charge on any atom is 0.339 e. The first kappa shape index (κ1) is 30.7. The Labute approximate surface area is 273 Å². The van der Waals surface area contributed by atoms with E-state index in [0.717, 1.165) is 21.9 Å². The lowest BCUT2D eigenvalue weighted by Gasteiger charge is -2.50. The van der Waals surface area contributed by atoms with E-state index in [1.165, 1.54) is 25.3 Å². The van der Waals surface area contributed by atoms with E-state index in [1.807, 2.05) is 0 Å². The molecule has 15 heteroatoms. The van der Waals surface area contributed by atoms with Crippen molar-refractivity contribution in [2.75, 3.05) is 17.5 Å². The minimum absolute atomic E-state index is 0.0225. The minimum Gasteiger partial charge on any atom is -0.507 e. The molecule has 4 aliphatic rings. The molecule has 3 N–H and O–H groups in total. The number of nitrogens with zero attached hydrogens (tertiary/aromatic N) is 2. The lowest BCUT2D eigenvalue weighted by molar-refractivity contribution is -0.138. The first-order chi connectivity index (χ1) is 20.7. The van der Waals surface area contributed by atoms with Crippen LogP contribution in [0.1, 0.15) is 34.7 Å². The number of carbonyl (C=O) groups excluding carboxylic acids is 4. The van der Waals surface area contributed by atoms with Crippen molar-refractivity contribution in [1.82, 2.24) is 4.90 Å². The maximum absolute atomic E-state index is 14.1. The molecule has 2 saturated heterocycles. The van der Waals surface area contributed by atoms with Crippen LogP contribution >= 0.6 is 50.7 Å². The second-order valence-corrected chi connectivity index (χ2v) is 13.2. The summed E-state index contributed by atoms with van der Waals surface area (Å²) in [5.74, 6) is -9.05. The fourth-order valence-electron chi connectivity index (χ4n) is 7.14. The number of anilines is 1. The van der Waals surface area contributed by atoms with Crippen LogP contribution in [0, 0.1) is 17.8 Å². The molecule has 3 fully saturated rings. The molecular weight excluding hydrogens is 707 g/mol. The predicted molar refractivity (Wildman–Crippen MR) is 161 cm³/mol. The Balaban J connectivity index is 1.51. The highest BCUT2D eigenvalue weighted by atomic mass is 79.9. The Morgan fingerprint density at radius 3 is 2.39 bits per heavy atom. The highest BCUT2D eigenvalue weighted by Gasteiger charge is 2.76.